The molecule has 0 aliphatic rings. The van der Waals surface area contributed by atoms with Crippen LogP contribution in [0.2, 0.25) is 0 Å². The summed E-state index contributed by atoms with van der Waals surface area (Å²) in [6.45, 7) is 6.50. The smallest absolute Gasteiger partial charge is 0.303 e. The topological polar surface area (TPSA) is 66.4 Å². The van der Waals surface area contributed by atoms with Crippen molar-refractivity contribution in [3.63, 3.8) is 0 Å². The van der Waals surface area contributed by atoms with Crippen LogP contribution < -0.4 is 5.32 Å². The van der Waals surface area contributed by atoms with Gasteiger partial charge in [-0.15, -0.1) is 0 Å². The molecule has 1 unspecified atom stereocenters. The summed E-state index contributed by atoms with van der Waals surface area (Å²) in [6, 6.07) is 0. The van der Waals surface area contributed by atoms with Gasteiger partial charge >= 0.3 is 5.97 Å². The van der Waals surface area contributed by atoms with E-state index in [1.807, 2.05) is 20.8 Å². The average Bonchev–Trinajstić information content (AvgIpc) is 2.10. The van der Waals surface area contributed by atoms with Gasteiger partial charge in [-0.25, -0.2) is 0 Å². The molecular formula is C11H21NO3. The van der Waals surface area contributed by atoms with Gasteiger partial charge in [0.25, 0.3) is 0 Å². The second-order valence-electron chi connectivity index (χ2n) is 4.44. The van der Waals surface area contributed by atoms with Crippen molar-refractivity contribution in [1.82, 2.24) is 5.32 Å². The van der Waals surface area contributed by atoms with Gasteiger partial charge < -0.3 is 10.4 Å². The van der Waals surface area contributed by atoms with Crippen molar-refractivity contribution in [2.24, 2.45) is 11.8 Å². The van der Waals surface area contributed by atoms with Gasteiger partial charge in [-0.05, 0) is 18.3 Å². The van der Waals surface area contributed by atoms with E-state index in [0.717, 1.165) is 0 Å². The summed E-state index contributed by atoms with van der Waals surface area (Å²) in [5, 5.41) is 11.3. The molecule has 0 fully saturated rings. The maximum Gasteiger partial charge on any atom is 0.303 e. The Balaban J connectivity index is 3.57. The van der Waals surface area contributed by atoms with E-state index in [0.29, 0.717) is 25.3 Å². The Hall–Kier alpha value is -1.06. The molecule has 0 aromatic carbocycles. The Kier molecular flexibility index (Phi) is 6.75. The molecule has 0 spiro atoms. The molecular weight excluding hydrogens is 194 g/mol. The van der Waals surface area contributed by atoms with Crippen LogP contribution >= 0.6 is 0 Å². The van der Waals surface area contributed by atoms with Crippen LogP contribution in [0.15, 0.2) is 0 Å². The number of hydrogen-bond acceptors (Lipinski definition) is 2. The molecule has 15 heavy (non-hydrogen) atoms. The largest absolute Gasteiger partial charge is 0.481 e. The second kappa shape index (κ2) is 7.26. The van der Waals surface area contributed by atoms with Crippen LogP contribution in [-0.4, -0.2) is 23.5 Å². The zero-order valence-corrected chi connectivity index (χ0v) is 9.75. The second-order valence-corrected chi connectivity index (χ2v) is 4.44. The van der Waals surface area contributed by atoms with Gasteiger partial charge in [-0.2, -0.15) is 0 Å². The van der Waals surface area contributed by atoms with Crippen LogP contribution in [-0.2, 0) is 9.59 Å². The lowest BCUT2D eigenvalue weighted by Crippen LogP contribution is -2.29. The molecule has 4 nitrogen and oxygen atoms in total. The highest BCUT2D eigenvalue weighted by molar-refractivity contribution is 5.76. The van der Waals surface area contributed by atoms with Crippen LogP contribution in [0.3, 0.4) is 0 Å². The highest BCUT2D eigenvalue weighted by Crippen LogP contribution is 2.04. The first kappa shape index (κ1) is 13.9. The fourth-order valence-corrected chi connectivity index (χ4v) is 1.20. The van der Waals surface area contributed by atoms with Crippen LogP contribution in [0.5, 0.6) is 0 Å². The fraction of sp³-hybridized carbons (Fsp3) is 0.818. The standard InChI is InChI=1S/C11H21NO3/c1-8(2)6-10(13)12-7-9(3)4-5-11(14)15/h8-9H,4-7H2,1-3H3,(H,12,13)(H,14,15). The number of aliphatic carboxylic acids is 1. The number of carboxylic acids is 1. The van der Waals surface area contributed by atoms with Crippen LogP contribution in [0.4, 0.5) is 0 Å². The number of nitrogens with one attached hydrogen (secondary N) is 1. The predicted octanol–water partition coefficient (Wildman–Crippen LogP) is 1.65. The molecule has 0 aromatic heterocycles. The van der Waals surface area contributed by atoms with E-state index in [4.69, 9.17) is 5.11 Å². The van der Waals surface area contributed by atoms with E-state index >= 15 is 0 Å². The SMILES string of the molecule is CC(C)CC(=O)NCC(C)CCC(=O)O. The molecule has 0 bridgehead atoms. The predicted molar refractivity (Wildman–Crippen MR) is 58.5 cm³/mol. The van der Waals surface area contributed by atoms with Gasteiger partial charge in [-0.3, -0.25) is 9.59 Å². The minimum Gasteiger partial charge on any atom is -0.481 e. The van der Waals surface area contributed by atoms with Gasteiger partial charge in [0.1, 0.15) is 0 Å². The summed E-state index contributed by atoms with van der Waals surface area (Å²) in [5.74, 6) is -0.154. The van der Waals surface area contributed by atoms with Crippen molar-refractivity contribution in [2.45, 2.75) is 40.0 Å². The quantitative estimate of drug-likeness (QED) is 0.678. The molecule has 0 radical (unpaired) electrons. The average molecular weight is 215 g/mol. The van der Waals surface area contributed by atoms with Gasteiger partial charge in [0.2, 0.25) is 5.91 Å². The number of hydrogen-bond donors (Lipinski definition) is 2. The normalized spacial score (nSPS) is 12.5. The number of carbonyl (C=O) groups excluding carboxylic acids is 1. The van der Waals surface area contributed by atoms with Crippen LogP contribution in [0.1, 0.15) is 40.0 Å². The molecule has 0 saturated carbocycles. The molecule has 0 aromatic rings. The van der Waals surface area contributed by atoms with E-state index in [2.05, 4.69) is 5.32 Å². The molecule has 0 saturated heterocycles. The number of carbonyl (C=O) groups is 2. The lowest BCUT2D eigenvalue weighted by atomic mass is 10.1. The first-order chi connectivity index (χ1) is 6.91. The van der Waals surface area contributed by atoms with Crippen molar-refractivity contribution in [1.29, 1.82) is 0 Å². The zero-order valence-electron chi connectivity index (χ0n) is 9.75. The van der Waals surface area contributed by atoms with E-state index < -0.39 is 5.97 Å². The zero-order chi connectivity index (χ0) is 11.8. The Morgan fingerprint density at radius 3 is 2.33 bits per heavy atom. The molecule has 4 heteroatoms. The first-order valence-corrected chi connectivity index (χ1v) is 5.40. The lowest BCUT2D eigenvalue weighted by Gasteiger charge is -2.12. The summed E-state index contributed by atoms with van der Waals surface area (Å²) >= 11 is 0. The number of amides is 1. The number of carboxylic acid groups (broad SMARTS) is 1. The summed E-state index contributed by atoms with van der Waals surface area (Å²) in [6.07, 6.45) is 1.31. The summed E-state index contributed by atoms with van der Waals surface area (Å²) in [5.41, 5.74) is 0. The van der Waals surface area contributed by atoms with Gasteiger partial charge in [-0.1, -0.05) is 20.8 Å². The Bertz CT molecular complexity index is 214. The Labute approximate surface area is 91.1 Å². The van der Waals surface area contributed by atoms with Crippen molar-refractivity contribution >= 4 is 11.9 Å². The van der Waals surface area contributed by atoms with Gasteiger partial charge in [0.15, 0.2) is 0 Å². The highest BCUT2D eigenvalue weighted by atomic mass is 16.4. The third kappa shape index (κ3) is 9.25. The fourth-order valence-electron chi connectivity index (χ4n) is 1.20. The lowest BCUT2D eigenvalue weighted by molar-refractivity contribution is -0.137. The minimum atomic E-state index is -0.782. The van der Waals surface area contributed by atoms with Gasteiger partial charge in [0, 0.05) is 19.4 Å². The van der Waals surface area contributed by atoms with E-state index in [-0.39, 0.29) is 18.2 Å². The van der Waals surface area contributed by atoms with Crippen molar-refractivity contribution in [2.75, 3.05) is 6.54 Å². The number of rotatable bonds is 7. The minimum absolute atomic E-state index is 0.0483. The third-order valence-electron chi connectivity index (χ3n) is 2.09. The van der Waals surface area contributed by atoms with Crippen molar-refractivity contribution in [3.05, 3.63) is 0 Å². The van der Waals surface area contributed by atoms with Crippen LogP contribution in [0, 0.1) is 11.8 Å². The Morgan fingerprint density at radius 1 is 1.27 bits per heavy atom. The summed E-state index contributed by atoms with van der Waals surface area (Å²) in [4.78, 5) is 21.6. The molecule has 1 atom stereocenters. The maximum absolute atomic E-state index is 11.3. The molecule has 0 aliphatic heterocycles. The molecule has 2 N–H and O–H groups in total. The first-order valence-electron chi connectivity index (χ1n) is 5.40. The molecule has 1 amide bonds. The Morgan fingerprint density at radius 2 is 1.87 bits per heavy atom. The molecule has 0 aliphatic carbocycles. The van der Waals surface area contributed by atoms with Gasteiger partial charge in [0.05, 0.1) is 0 Å². The molecule has 0 rings (SSSR count). The van der Waals surface area contributed by atoms with Crippen molar-refractivity contribution < 1.29 is 14.7 Å². The van der Waals surface area contributed by atoms with Crippen molar-refractivity contribution in [3.8, 4) is 0 Å². The van der Waals surface area contributed by atoms with E-state index in [1.54, 1.807) is 0 Å². The van der Waals surface area contributed by atoms with E-state index in [9.17, 15) is 9.59 Å². The summed E-state index contributed by atoms with van der Waals surface area (Å²) < 4.78 is 0. The van der Waals surface area contributed by atoms with Crippen LogP contribution in [0.25, 0.3) is 0 Å². The maximum atomic E-state index is 11.3. The third-order valence-corrected chi connectivity index (χ3v) is 2.09. The van der Waals surface area contributed by atoms with E-state index in [1.165, 1.54) is 0 Å². The highest BCUT2D eigenvalue weighted by Gasteiger charge is 2.08. The molecule has 88 valence electrons. The molecule has 0 heterocycles. The summed E-state index contributed by atoms with van der Waals surface area (Å²) in [7, 11) is 0. The monoisotopic (exact) mass is 215 g/mol.